The summed E-state index contributed by atoms with van der Waals surface area (Å²) >= 11 is 0. The fourth-order valence-corrected chi connectivity index (χ4v) is 1.38. The van der Waals surface area contributed by atoms with Gasteiger partial charge in [-0.3, -0.25) is 0 Å². The van der Waals surface area contributed by atoms with Gasteiger partial charge in [0.2, 0.25) is 0 Å². The number of nitrogens with two attached hydrogens (primary N) is 1. The zero-order chi connectivity index (χ0) is 11.9. The molecule has 0 bridgehead atoms. The van der Waals surface area contributed by atoms with Crippen LogP contribution in [-0.2, 0) is 0 Å². The molecule has 3 N–H and O–H groups in total. The van der Waals surface area contributed by atoms with E-state index in [9.17, 15) is 0 Å². The quantitative estimate of drug-likeness (QED) is 0.609. The van der Waals surface area contributed by atoms with E-state index in [1.807, 2.05) is 42.5 Å². The van der Waals surface area contributed by atoms with Crippen LogP contribution in [0.1, 0.15) is 0 Å². The molecule has 2 rings (SSSR count). The molecule has 1 aromatic heterocycles. The Morgan fingerprint density at radius 2 is 1.94 bits per heavy atom. The molecule has 0 aliphatic rings. The summed E-state index contributed by atoms with van der Waals surface area (Å²) < 4.78 is 5.54. The normalized spacial score (nSPS) is 9.88. The van der Waals surface area contributed by atoms with Gasteiger partial charge in [-0.15, -0.1) is 0 Å². The van der Waals surface area contributed by atoms with E-state index in [1.54, 1.807) is 6.20 Å². The smallest absolute Gasteiger partial charge is 0.125 e. The van der Waals surface area contributed by atoms with Crippen molar-refractivity contribution in [1.29, 1.82) is 0 Å². The van der Waals surface area contributed by atoms with Crippen LogP contribution in [0.2, 0.25) is 0 Å². The van der Waals surface area contributed by atoms with Crippen molar-refractivity contribution in [3.63, 3.8) is 0 Å². The van der Waals surface area contributed by atoms with E-state index >= 15 is 0 Å². The van der Waals surface area contributed by atoms with Gasteiger partial charge in [0.25, 0.3) is 0 Å². The van der Waals surface area contributed by atoms with Gasteiger partial charge in [-0.2, -0.15) is 0 Å². The minimum Gasteiger partial charge on any atom is -0.492 e. The first-order valence-corrected chi connectivity index (χ1v) is 5.48. The highest BCUT2D eigenvalue weighted by molar-refractivity contribution is 5.41. The van der Waals surface area contributed by atoms with Crippen molar-refractivity contribution >= 4 is 11.5 Å². The summed E-state index contributed by atoms with van der Waals surface area (Å²) in [7, 11) is 0. The topological polar surface area (TPSA) is 60.2 Å². The average Bonchev–Trinajstić information content (AvgIpc) is 2.38. The summed E-state index contributed by atoms with van der Waals surface area (Å²) in [5.41, 5.74) is 6.32. The minimum absolute atomic E-state index is 0.584. The molecule has 0 spiro atoms. The molecule has 1 aromatic carbocycles. The maximum atomic E-state index is 5.58. The molecule has 0 aliphatic carbocycles. The second-order valence-corrected chi connectivity index (χ2v) is 3.56. The summed E-state index contributed by atoms with van der Waals surface area (Å²) in [4.78, 5) is 4.15. The van der Waals surface area contributed by atoms with Crippen molar-refractivity contribution in [3.8, 4) is 5.75 Å². The summed E-state index contributed by atoms with van der Waals surface area (Å²) in [6.07, 6.45) is 1.75. The Morgan fingerprint density at radius 1 is 1.12 bits per heavy atom. The van der Waals surface area contributed by atoms with Crippen LogP contribution < -0.4 is 15.8 Å². The van der Waals surface area contributed by atoms with Gasteiger partial charge in [-0.25, -0.2) is 4.98 Å². The number of ether oxygens (including phenoxy) is 1. The lowest BCUT2D eigenvalue weighted by atomic mass is 10.3. The molecule has 17 heavy (non-hydrogen) atoms. The second kappa shape index (κ2) is 5.75. The van der Waals surface area contributed by atoms with Crippen molar-refractivity contribution in [3.05, 3.63) is 48.7 Å². The molecule has 0 atom stereocenters. The van der Waals surface area contributed by atoms with Crippen molar-refractivity contribution in [1.82, 2.24) is 4.98 Å². The van der Waals surface area contributed by atoms with E-state index in [0.717, 1.165) is 17.3 Å². The largest absolute Gasteiger partial charge is 0.492 e. The third kappa shape index (κ3) is 3.68. The number of benzene rings is 1. The van der Waals surface area contributed by atoms with E-state index in [0.29, 0.717) is 13.2 Å². The van der Waals surface area contributed by atoms with Crippen LogP contribution in [0.5, 0.6) is 5.75 Å². The lowest BCUT2D eigenvalue weighted by molar-refractivity contribution is 0.333. The van der Waals surface area contributed by atoms with Gasteiger partial charge < -0.3 is 15.8 Å². The Bertz CT molecular complexity index is 442. The minimum atomic E-state index is 0.584. The van der Waals surface area contributed by atoms with Crippen LogP contribution in [0.3, 0.4) is 0 Å². The Morgan fingerprint density at radius 3 is 2.65 bits per heavy atom. The Hall–Kier alpha value is -2.23. The SMILES string of the molecule is Nc1ccc(OCCNc2ccccn2)cc1. The third-order valence-corrected chi connectivity index (χ3v) is 2.22. The van der Waals surface area contributed by atoms with Crippen LogP contribution in [-0.4, -0.2) is 18.1 Å². The van der Waals surface area contributed by atoms with E-state index < -0.39 is 0 Å². The molecule has 0 radical (unpaired) electrons. The number of nitrogens with zero attached hydrogens (tertiary/aromatic N) is 1. The number of hydrogen-bond donors (Lipinski definition) is 2. The molecule has 4 nitrogen and oxygen atoms in total. The van der Waals surface area contributed by atoms with E-state index in [4.69, 9.17) is 10.5 Å². The van der Waals surface area contributed by atoms with Crippen LogP contribution >= 0.6 is 0 Å². The highest BCUT2D eigenvalue weighted by Gasteiger charge is 1.94. The van der Waals surface area contributed by atoms with Gasteiger partial charge >= 0.3 is 0 Å². The van der Waals surface area contributed by atoms with Gasteiger partial charge in [-0.05, 0) is 36.4 Å². The number of nitrogen functional groups attached to an aromatic ring is 1. The predicted octanol–water partition coefficient (Wildman–Crippen LogP) is 2.15. The zero-order valence-corrected chi connectivity index (χ0v) is 9.47. The van der Waals surface area contributed by atoms with Crippen LogP contribution in [0.4, 0.5) is 11.5 Å². The van der Waals surface area contributed by atoms with Gasteiger partial charge in [-0.1, -0.05) is 6.07 Å². The number of hydrogen-bond acceptors (Lipinski definition) is 4. The molecule has 0 amide bonds. The lowest BCUT2D eigenvalue weighted by Crippen LogP contribution is -2.12. The summed E-state index contributed by atoms with van der Waals surface area (Å²) in [5, 5.41) is 3.17. The average molecular weight is 229 g/mol. The first-order valence-electron chi connectivity index (χ1n) is 5.48. The highest BCUT2D eigenvalue weighted by Crippen LogP contribution is 2.12. The molecule has 0 saturated carbocycles. The predicted molar refractivity (Wildman–Crippen MR) is 69.1 cm³/mol. The number of aromatic nitrogens is 1. The van der Waals surface area contributed by atoms with Gasteiger partial charge in [0, 0.05) is 11.9 Å². The monoisotopic (exact) mass is 229 g/mol. The number of rotatable bonds is 5. The van der Waals surface area contributed by atoms with Crippen molar-refractivity contribution in [2.24, 2.45) is 0 Å². The molecule has 4 heteroatoms. The van der Waals surface area contributed by atoms with Gasteiger partial charge in [0.05, 0.1) is 6.54 Å². The maximum absolute atomic E-state index is 5.58. The van der Waals surface area contributed by atoms with E-state index in [1.165, 1.54) is 0 Å². The van der Waals surface area contributed by atoms with Gasteiger partial charge in [0.1, 0.15) is 18.2 Å². The molecule has 0 aliphatic heterocycles. The first kappa shape index (κ1) is 11.3. The molecule has 88 valence electrons. The van der Waals surface area contributed by atoms with Crippen molar-refractivity contribution in [2.45, 2.75) is 0 Å². The molecule has 2 aromatic rings. The number of pyridine rings is 1. The Kier molecular flexibility index (Phi) is 3.81. The van der Waals surface area contributed by atoms with Gasteiger partial charge in [0.15, 0.2) is 0 Å². The molecule has 0 saturated heterocycles. The standard InChI is InChI=1S/C13H15N3O/c14-11-4-6-12(7-5-11)17-10-9-16-13-3-1-2-8-15-13/h1-8H,9-10,14H2,(H,15,16). The molecule has 0 unspecified atom stereocenters. The maximum Gasteiger partial charge on any atom is 0.125 e. The number of anilines is 2. The second-order valence-electron chi connectivity index (χ2n) is 3.56. The van der Waals surface area contributed by atoms with Crippen LogP contribution in [0.15, 0.2) is 48.7 Å². The summed E-state index contributed by atoms with van der Waals surface area (Å²) in [6.45, 7) is 1.29. The van der Waals surface area contributed by atoms with E-state index in [2.05, 4.69) is 10.3 Å². The van der Waals surface area contributed by atoms with Crippen LogP contribution in [0.25, 0.3) is 0 Å². The molecular formula is C13H15N3O. The Labute approximate surface area is 100 Å². The molecule has 1 heterocycles. The summed E-state index contributed by atoms with van der Waals surface area (Å²) in [6, 6.07) is 13.1. The lowest BCUT2D eigenvalue weighted by Gasteiger charge is -2.07. The molecular weight excluding hydrogens is 214 g/mol. The summed E-state index contributed by atoms with van der Waals surface area (Å²) in [5.74, 6) is 1.68. The fraction of sp³-hybridized carbons (Fsp3) is 0.154. The fourth-order valence-electron chi connectivity index (χ4n) is 1.38. The van der Waals surface area contributed by atoms with E-state index in [-0.39, 0.29) is 0 Å². The number of nitrogens with one attached hydrogen (secondary N) is 1. The zero-order valence-electron chi connectivity index (χ0n) is 9.47. The highest BCUT2D eigenvalue weighted by atomic mass is 16.5. The first-order chi connectivity index (χ1) is 8.34. The Balaban J connectivity index is 1.71. The van der Waals surface area contributed by atoms with Crippen LogP contribution in [0, 0.1) is 0 Å². The van der Waals surface area contributed by atoms with Crippen molar-refractivity contribution < 1.29 is 4.74 Å². The molecule has 0 fully saturated rings. The van der Waals surface area contributed by atoms with Crippen molar-refractivity contribution in [2.75, 3.05) is 24.2 Å². The third-order valence-electron chi connectivity index (χ3n) is 2.22.